The van der Waals surface area contributed by atoms with Crippen LogP contribution in [0.5, 0.6) is 0 Å². The molecule has 0 saturated heterocycles. The second-order valence-corrected chi connectivity index (χ2v) is 4.39. The molecule has 84 valence electrons. The van der Waals surface area contributed by atoms with E-state index >= 15 is 0 Å². The van der Waals surface area contributed by atoms with Crippen LogP contribution in [-0.4, -0.2) is 11.0 Å². The average molecular weight is 210 g/mol. The number of rotatable bonds is 5. The molecule has 0 spiro atoms. The zero-order valence-corrected chi connectivity index (χ0v) is 9.63. The van der Waals surface area contributed by atoms with E-state index in [4.69, 9.17) is 0 Å². The third-order valence-electron chi connectivity index (χ3n) is 2.32. The molecule has 0 fully saturated rings. The van der Waals surface area contributed by atoms with Crippen molar-refractivity contribution in [3.05, 3.63) is 24.3 Å². The first-order chi connectivity index (χ1) is 7.08. The Balaban J connectivity index is 2.37. The second-order valence-electron chi connectivity index (χ2n) is 4.39. The predicted molar refractivity (Wildman–Crippen MR) is 61.4 cm³/mol. The number of hydrogen-bond acceptors (Lipinski definition) is 2. The van der Waals surface area contributed by atoms with Gasteiger partial charge < -0.3 is 5.32 Å². The minimum atomic E-state index is -0.435. The van der Waals surface area contributed by atoms with E-state index in [9.17, 15) is 4.39 Å². The van der Waals surface area contributed by atoms with Crippen LogP contribution in [0.2, 0.25) is 0 Å². The van der Waals surface area contributed by atoms with Crippen LogP contribution in [0.3, 0.4) is 0 Å². The van der Waals surface area contributed by atoms with E-state index in [1.807, 2.05) is 0 Å². The minimum Gasteiger partial charge on any atom is -0.381 e. The van der Waals surface area contributed by atoms with Gasteiger partial charge in [0.15, 0.2) is 0 Å². The van der Waals surface area contributed by atoms with Gasteiger partial charge >= 0.3 is 0 Å². The second kappa shape index (κ2) is 5.69. The quantitative estimate of drug-likeness (QED) is 0.753. The molecule has 0 aliphatic rings. The van der Waals surface area contributed by atoms with Gasteiger partial charge in [0.1, 0.15) is 0 Å². The van der Waals surface area contributed by atoms with Gasteiger partial charge in [0.05, 0.1) is 11.9 Å². The standard InChI is InChI=1S/C12H19FN2/c1-9(2)4-5-10(3)15-11-6-7-12(13)14-8-11/h6-10,15H,4-5H2,1-3H3. The number of hydrogen-bond donors (Lipinski definition) is 1. The Morgan fingerprint density at radius 2 is 2.00 bits per heavy atom. The van der Waals surface area contributed by atoms with E-state index in [0.29, 0.717) is 6.04 Å². The Morgan fingerprint density at radius 3 is 2.53 bits per heavy atom. The van der Waals surface area contributed by atoms with E-state index in [0.717, 1.165) is 18.0 Å². The fourth-order valence-corrected chi connectivity index (χ4v) is 1.40. The van der Waals surface area contributed by atoms with Crippen LogP contribution in [0.15, 0.2) is 18.3 Å². The summed E-state index contributed by atoms with van der Waals surface area (Å²) in [5.41, 5.74) is 0.882. The summed E-state index contributed by atoms with van der Waals surface area (Å²) >= 11 is 0. The van der Waals surface area contributed by atoms with E-state index in [2.05, 4.69) is 31.1 Å². The Bertz CT molecular complexity index is 282. The molecule has 1 N–H and O–H groups in total. The highest BCUT2D eigenvalue weighted by Crippen LogP contribution is 2.12. The van der Waals surface area contributed by atoms with Crippen molar-refractivity contribution < 1.29 is 4.39 Å². The first kappa shape index (κ1) is 12.0. The SMILES string of the molecule is CC(C)CCC(C)Nc1ccc(F)nc1. The van der Waals surface area contributed by atoms with Crippen LogP contribution in [0.25, 0.3) is 0 Å². The monoisotopic (exact) mass is 210 g/mol. The predicted octanol–water partition coefficient (Wildman–Crippen LogP) is 3.46. The van der Waals surface area contributed by atoms with Gasteiger partial charge in [-0.05, 0) is 37.8 Å². The van der Waals surface area contributed by atoms with E-state index < -0.39 is 5.95 Å². The number of anilines is 1. The van der Waals surface area contributed by atoms with Crippen molar-refractivity contribution in [3.63, 3.8) is 0 Å². The molecule has 1 heterocycles. The number of nitrogens with one attached hydrogen (secondary N) is 1. The van der Waals surface area contributed by atoms with Crippen molar-refractivity contribution in [1.82, 2.24) is 4.98 Å². The molecule has 3 heteroatoms. The van der Waals surface area contributed by atoms with Crippen LogP contribution in [0.1, 0.15) is 33.6 Å². The van der Waals surface area contributed by atoms with Crippen LogP contribution in [0.4, 0.5) is 10.1 Å². The molecule has 1 unspecified atom stereocenters. The number of pyridine rings is 1. The van der Waals surface area contributed by atoms with Crippen molar-refractivity contribution >= 4 is 5.69 Å². The summed E-state index contributed by atoms with van der Waals surface area (Å²) in [7, 11) is 0. The lowest BCUT2D eigenvalue weighted by molar-refractivity contribution is 0.527. The third-order valence-corrected chi connectivity index (χ3v) is 2.32. The number of aromatic nitrogens is 1. The van der Waals surface area contributed by atoms with E-state index in [1.54, 1.807) is 6.07 Å². The molecule has 0 saturated carbocycles. The van der Waals surface area contributed by atoms with Crippen molar-refractivity contribution in [3.8, 4) is 0 Å². The molecule has 15 heavy (non-hydrogen) atoms. The van der Waals surface area contributed by atoms with Crippen molar-refractivity contribution in [1.29, 1.82) is 0 Å². The summed E-state index contributed by atoms with van der Waals surface area (Å²) in [5, 5.41) is 3.30. The summed E-state index contributed by atoms with van der Waals surface area (Å²) in [6, 6.07) is 3.49. The zero-order valence-electron chi connectivity index (χ0n) is 9.63. The minimum absolute atomic E-state index is 0.402. The lowest BCUT2D eigenvalue weighted by Crippen LogP contribution is -2.15. The summed E-state index contributed by atoms with van der Waals surface area (Å²) in [4.78, 5) is 3.60. The van der Waals surface area contributed by atoms with Crippen LogP contribution in [0, 0.1) is 11.9 Å². The maximum absolute atomic E-state index is 12.5. The number of halogens is 1. The largest absolute Gasteiger partial charge is 0.381 e. The maximum atomic E-state index is 12.5. The molecule has 1 aromatic rings. The van der Waals surface area contributed by atoms with Crippen LogP contribution in [-0.2, 0) is 0 Å². The van der Waals surface area contributed by atoms with Gasteiger partial charge in [-0.2, -0.15) is 4.39 Å². The molecule has 0 amide bonds. The molecule has 1 aromatic heterocycles. The highest BCUT2D eigenvalue weighted by molar-refractivity contribution is 5.40. The first-order valence-corrected chi connectivity index (χ1v) is 5.46. The zero-order chi connectivity index (χ0) is 11.3. The van der Waals surface area contributed by atoms with Crippen LogP contribution < -0.4 is 5.32 Å². The lowest BCUT2D eigenvalue weighted by Gasteiger charge is -2.15. The molecular formula is C12H19FN2. The average Bonchev–Trinajstić information content (AvgIpc) is 2.19. The fourth-order valence-electron chi connectivity index (χ4n) is 1.40. The van der Waals surface area contributed by atoms with Crippen LogP contribution >= 0.6 is 0 Å². The van der Waals surface area contributed by atoms with Gasteiger partial charge in [-0.25, -0.2) is 4.98 Å². The first-order valence-electron chi connectivity index (χ1n) is 5.46. The maximum Gasteiger partial charge on any atom is 0.212 e. The highest BCUT2D eigenvalue weighted by atomic mass is 19.1. The lowest BCUT2D eigenvalue weighted by atomic mass is 10.0. The van der Waals surface area contributed by atoms with Gasteiger partial charge in [0.2, 0.25) is 5.95 Å². The van der Waals surface area contributed by atoms with Crippen molar-refractivity contribution in [2.45, 2.75) is 39.7 Å². The van der Waals surface area contributed by atoms with Gasteiger partial charge in [0.25, 0.3) is 0 Å². The van der Waals surface area contributed by atoms with Crippen molar-refractivity contribution in [2.75, 3.05) is 5.32 Å². The molecule has 0 bridgehead atoms. The van der Waals surface area contributed by atoms with Gasteiger partial charge in [-0.1, -0.05) is 13.8 Å². The molecule has 1 atom stereocenters. The summed E-state index contributed by atoms with van der Waals surface area (Å²) in [5.74, 6) is 0.288. The topological polar surface area (TPSA) is 24.9 Å². The number of nitrogens with zero attached hydrogens (tertiary/aromatic N) is 1. The molecule has 2 nitrogen and oxygen atoms in total. The van der Waals surface area contributed by atoms with E-state index in [-0.39, 0.29) is 0 Å². The highest BCUT2D eigenvalue weighted by Gasteiger charge is 2.03. The van der Waals surface area contributed by atoms with Gasteiger partial charge in [-0.15, -0.1) is 0 Å². The molecule has 1 rings (SSSR count). The molecule has 0 aliphatic carbocycles. The van der Waals surface area contributed by atoms with Gasteiger partial charge in [-0.3, -0.25) is 0 Å². The molecule has 0 aromatic carbocycles. The van der Waals surface area contributed by atoms with E-state index in [1.165, 1.54) is 18.7 Å². The molecule has 0 radical (unpaired) electrons. The summed E-state index contributed by atoms with van der Waals surface area (Å²) in [6.07, 6.45) is 3.85. The Morgan fingerprint density at radius 1 is 1.27 bits per heavy atom. The summed E-state index contributed by atoms with van der Waals surface area (Å²) < 4.78 is 12.5. The van der Waals surface area contributed by atoms with Gasteiger partial charge in [0, 0.05) is 6.04 Å². The Hall–Kier alpha value is -1.12. The Kier molecular flexibility index (Phi) is 4.53. The Labute approximate surface area is 90.9 Å². The molecule has 0 aliphatic heterocycles. The summed E-state index contributed by atoms with van der Waals surface area (Å²) in [6.45, 7) is 6.56. The normalized spacial score (nSPS) is 12.9. The van der Waals surface area contributed by atoms with Crippen molar-refractivity contribution in [2.24, 2.45) is 5.92 Å². The fraction of sp³-hybridized carbons (Fsp3) is 0.583. The third kappa shape index (κ3) is 4.77. The molecular weight excluding hydrogens is 191 g/mol. The smallest absolute Gasteiger partial charge is 0.212 e.